The average molecular weight is 401 g/mol. The number of hydrazine groups is 1. The highest BCUT2D eigenvalue weighted by atomic mass is 32.2. The van der Waals surface area contributed by atoms with Gasteiger partial charge in [-0.1, -0.05) is 49.0 Å². The minimum absolute atomic E-state index is 0.0617. The van der Waals surface area contributed by atoms with Gasteiger partial charge >= 0.3 is 6.03 Å². The largest absolute Gasteiger partial charge is 0.416 e. The summed E-state index contributed by atoms with van der Waals surface area (Å²) < 4.78 is 5.48. The third-order valence-electron chi connectivity index (χ3n) is 4.80. The van der Waals surface area contributed by atoms with Gasteiger partial charge in [-0.15, -0.1) is 10.2 Å². The number of benzene rings is 1. The highest BCUT2D eigenvalue weighted by Crippen LogP contribution is 2.39. The number of nitrogens with zero attached hydrogens (tertiary/aromatic N) is 3. The topological polar surface area (TPSA) is 117 Å². The zero-order chi connectivity index (χ0) is 19.7. The molecule has 1 aromatic heterocycles. The predicted octanol–water partition coefficient (Wildman–Crippen LogP) is 1.93. The van der Waals surface area contributed by atoms with E-state index in [1.165, 1.54) is 0 Å². The van der Waals surface area contributed by atoms with Crippen LogP contribution in [0.5, 0.6) is 0 Å². The lowest BCUT2D eigenvalue weighted by atomic mass is 9.87. The molecule has 0 bridgehead atoms. The van der Waals surface area contributed by atoms with Gasteiger partial charge in [0.25, 0.3) is 11.1 Å². The Hall–Kier alpha value is -2.88. The van der Waals surface area contributed by atoms with Crippen LogP contribution in [0, 0.1) is 0 Å². The molecule has 2 aromatic rings. The third kappa shape index (κ3) is 3.35. The van der Waals surface area contributed by atoms with Crippen LogP contribution in [-0.2, 0) is 15.1 Å². The Balaban J connectivity index is 1.40. The van der Waals surface area contributed by atoms with Crippen molar-refractivity contribution in [2.45, 2.75) is 42.9 Å². The smallest absolute Gasteiger partial charge is 0.344 e. The van der Waals surface area contributed by atoms with Crippen LogP contribution in [0.2, 0.25) is 0 Å². The molecule has 0 radical (unpaired) electrons. The molecule has 1 atom stereocenters. The Labute approximate surface area is 165 Å². The van der Waals surface area contributed by atoms with Crippen molar-refractivity contribution < 1.29 is 18.8 Å². The first-order chi connectivity index (χ1) is 13.5. The van der Waals surface area contributed by atoms with Gasteiger partial charge < -0.3 is 9.73 Å². The molecule has 1 saturated carbocycles. The molecule has 146 valence electrons. The van der Waals surface area contributed by atoms with Gasteiger partial charge in [0.05, 0.1) is 5.75 Å². The standard InChI is InChI=1S/C18H19N5O4S/c1-2-18(12-6-4-3-5-7-12)15(25)23(16(26)19-18)22-13(24)10-28-17-21-20-14(27-17)11-8-9-11/h3-7,11H,2,8-10H2,1H3,(H,19,26)(H,22,24)/t18-/m1/s1. The predicted molar refractivity (Wildman–Crippen MR) is 98.9 cm³/mol. The van der Waals surface area contributed by atoms with E-state index in [4.69, 9.17) is 4.42 Å². The van der Waals surface area contributed by atoms with E-state index >= 15 is 0 Å². The molecule has 0 spiro atoms. The van der Waals surface area contributed by atoms with Crippen molar-refractivity contribution in [1.82, 2.24) is 25.9 Å². The Bertz CT molecular complexity index is 914. The van der Waals surface area contributed by atoms with Gasteiger partial charge in [0.2, 0.25) is 11.8 Å². The molecule has 4 amide bonds. The molecule has 2 fully saturated rings. The summed E-state index contributed by atoms with van der Waals surface area (Å²) in [6, 6.07) is 8.31. The van der Waals surface area contributed by atoms with E-state index in [1.807, 2.05) is 6.07 Å². The zero-order valence-corrected chi connectivity index (χ0v) is 16.0. The molecule has 1 saturated heterocycles. The lowest BCUT2D eigenvalue weighted by molar-refractivity contribution is -0.138. The number of rotatable bonds is 7. The van der Waals surface area contributed by atoms with Gasteiger partial charge in [-0.25, -0.2) is 4.79 Å². The molecule has 0 unspecified atom stereocenters. The second-order valence-corrected chi connectivity index (χ2v) is 7.63. The second kappa shape index (κ2) is 7.27. The molecule has 9 nitrogen and oxygen atoms in total. The Morgan fingerprint density at radius 2 is 2.07 bits per heavy atom. The highest BCUT2D eigenvalue weighted by Gasteiger charge is 2.52. The number of hydrogen-bond donors (Lipinski definition) is 2. The lowest BCUT2D eigenvalue weighted by Gasteiger charge is -2.25. The summed E-state index contributed by atoms with van der Waals surface area (Å²) in [5, 5.41) is 11.6. The van der Waals surface area contributed by atoms with E-state index in [2.05, 4.69) is 20.9 Å². The highest BCUT2D eigenvalue weighted by molar-refractivity contribution is 7.99. The maximum Gasteiger partial charge on any atom is 0.344 e. The van der Waals surface area contributed by atoms with Crippen molar-refractivity contribution in [3.8, 4) is 0 Å². The van der Waals surface area contributed by atoms with Crippen LogP contribution >= 0.6 is 11.8 Å². The average Bonchev–Trinajstić information content (AvgIpc) is 3.41. The molecule has 4 rings (SSSR count). The number of amides is 4. The van der Waals surface area contributed by atoms with E-state index in [1.54, 1.807) is 31.2 Å². The normalized spacial score (nSPS) is 21.7. The van der Waals surface area contributed by atoms with Crippen molar-refractivity contribution in [3.05, 3.63) is 41.8 Å². The summed E-state index contributed by atoms with van der Waals surface area (Å²) in [5.74, 6) is -0.166. The number of carbonyl (C=O) groups excluding carboxylic acids is 3. The molecule has 1 aliphatic carbocycles. The Morgan fingerprint density at radius 3 is 2.75 bits per heavy atom. The minimum atomic E-state index is -1.19. The molecule has 2 aliphatic rings. The Morgan fingerprint density at radius 1 is 1.32 bits per heavy atom. The second-order valence-electron chi connectivity index (χ2n) is 6.70. The van der Waals surface area contributed by atoms with Gasteiger partial charge in [-0.3, -0.25) is 15.0 Å². The fourth-order valence-corrected chi connectivity index (χ4v) is 3.66. The SMILES string of the molecule is CC[C@]1(c2ccccc2)NC(=O)N(NC(=O)CSc2nnc(C3CC3)o2)C1=O. The zero-order valence-electron chi connectivity index (χ0n) is 15.2. The third-order valence-corrected chi connectivity index (χ3v) is 5.62. The molecular formula is C18H19N5O4S. The first kappa shape index (κ1) is 18.5. The summed E-state index contributed by atoms with van der Waals surface area (Å²) >= 11 is 1.06. The van der Waals surface area contributed by atoms with E-state index in [0.717, 1.165) is 29.6 Å². The van der Waals surface area contributed by atoms with Crippen LogP contribution in [0.1, 0.15) is 43.6 Å². The fourth-order valence-electron chi connectivity index (χ4n) is 3.10. The van der Waals surface area contributed by atoms with Gasteiger partial charge in [0.15, 0.2) is 0 Å². The molecule has 10 heteroatoms. The molecule has 1 aliphatic heterocycles. The Kier molecular flexibility index (Phi) is 4.80. The molecule has 2 heterocycles. The van der Waals surface area contributed by atoms with Crippen LogP contribution in [0.4, 0.5) is 4.79 Å². The first-order valence-corrected chi connectivity index (χ1v) is 10.00. The summed E-state index contributed by atoms with van der Waals surface area (Å²) in [7, 11) is 0. The lowest BCUT2D eigenvalue weighted by Crippen LogP contribution is -2.49. The summed E-state index contributed by atoms with van der Waals surface area (Å²) in [5.41, 5.74) is 1.85. The molecule has 2 N–H and O–H groups in total. The van der Waals surface area contributed by atoms with Gasteiger partial charge in [0.1, 0.15) is 5.54 Å². The number of thioether (sulfide) groups is 1. The first-order valence-electron chi connectivity index (χ1n) is 9.01. The summed E-state index contributed by atoms with van der Waals surface area (Å²) in [6.45, 7) is 1.80. The monoisotopic (exact) mass is 401 g/mol. The molecule has 1 aromatic carbocycles. The van der Waals surface area contributed by atoms with Crippen LogP contribution in [0.15, 0.2) is 40.0 Å². The van der Waals surface area contributed by atoms with Crippen molar-refractivity contribution in [1.29, 1.82) is 0 Å². The van der Waals surface area contributed by atoms with E-state index < -0.39 is 23.4 Å². The van der Waals surface area contributed by atoms with Crippen LogP contribution < -0.4 is 10.7 Å². The van der Waals surface area contributed by atoms with Gasteiger partial charge in [0, 0.05) is 5.92 Å². The van der Waals surface area contributed by atoms with Crippen LogP contribution in [-0.4, -0.2) is 38.8 Å². The van der Waals surface area contributed by atoms with Crippen molar-refractivity contribution >= 4 is 29.6 Å². The van der Waals surface area contributed by atoms with E-state index in [-0.39, 0.29) is 5.75 Å². The van der Waals surface area contributed by atoms with E-state index in [0.29, 0.717) is 29.0 Å². The molecular weight excluding hydrogens is 382 g/mol. The summed E-state index contributed by atoms with van der Waals surface area (Å²) in [4.78, 5) is 37.6. The minimum Gasteiger partial charge on any atom is -0.416 e. The summed E-state index contributed by atoms with van der Waals surface area (Å²) in [6.07, 6.45) is 2.44. The van der Waals surface area contributed by atoms with Gasteiger partial charge in [-0.2, -0.15) is 5.01 Å². The van der Waals surface area contributed by atoms with E-state index in [9.17, 15) is 14.4 Å². The number of aromatic nitrogens is 2. The van der Waals surface area contributed by atoms with Crippen molar-refractivity contribution in [2.75, 3.05) is 5.75 Å². The number of urea groups is 1. The number of imide groups is 1. The van der Waals surface area contributed by atoms with Crippen molar-refractivity contribution in [2.24, 2.45) is 0 Å². The fraction of sp³-hybridized carbons (Fsp3) is 0.389. The number of hydrogen-bond acceptors (Lipinski definition) is 7. The van der Waals surface area contributed by atoms with Crippen LogP contribution in [0.25, 0.3) is 0 Å². The van der Waals surface area contributed by atoms with Gasteiger partial charge in [-0.05, 0) is 24.8 Å². The molecule has 28 heavy (non-hydrogen) atoms. The number of carbonyl (C=O) groups is 3. The van der Waals surface area contributed by atoms with Crippen molar-refractivity contribution in [3.63, 3.8) is 0 Å². The quantitative estimate of drug-likeness (QED) is 0.538. The van der Waals surface area contributed by atoms with Crippen LogP contribution in [0.3, 0.4) is 0 Å². The number of nitrogens with one attached hydrogen (secondary N) is 2. The maximum atomic E-state index is 12.9. The maximum absolute atomic E-state index is 12.9.